The molecule has 0 saturated carbocycles. The number of hydrogen-bond donors (Lipinski definition) is 5. The van der Waals surface area contributed by atoms with Gasteiger partial charge in [0.25, 0.3) is 17.4 Å². The number of alkyl halides is 3. The summed E-state index contributed by atoms with van der Waals surface area (Å²) in [5.41, 5.74) is 10.5. The van der Waals surface area contributed by atoms with Crippen molar-refractivity contribution in [1.29, 1.82) is 0 Å². The SMILES string of the molecule is C[C@@H]1[C@H](NC(=O)/C(=N\OC(C)(COc2ccc(-c3cn(CCCN)[n+](C)c3)cc2)C(=O)O)c2csc(N)n2)C(=O)N1S(=O)(=O)O.O=C([O-])C(F)(F)F. The Balaban J connectivity index is 0.000000944. The molecule has 4 rings (SSSR count). The van der Waals surface area contributed by atoms with Gasteiger partial charge in [-0.2, -0.15) is 26.3 Å². The van der Waals surface area contributed by atoms with Crippen molar-refractivity contribution >= 4 is 56.2 Å². The van der Waals surface area contributed by atoms with E-state index in [4.69, 9.17) is 30.9 Å². The molecule has 2 amide bonds. The van der Waals surface area contributed by atoms with E-state index in [1.54, 1.807) is 12.1 Å². The van der Waals surface area contributed by atoms with Gasteiger partial charge in [0.15, 0.2) is 17.9 Å². The molecule has 0 bridgehead atoms. The van der Waals surface area contributed by atoms with E-state index >= 15 is 0 Å². The minimum Gasteiger partial charge on any atom is -0.542 e. The first kappa shape index (κ1) is 41.1. The lowest BCUT2D eigenvalue weighted by Gasteiger charge is -2.42. The van der Waals surface area contributed by atoms with Crippen LogP contribution in [0.15, 0.2) is 47.2 Å². The van der Waals surface area contributed by atoms with Crippen LogP contribution in [0.5, 0.6) is 5.75 Å². The zero-order valence-electron chi connectivity index (χ0n) is 27.4. The predicted octanol–water partition coefficient (Wildman–Crippen LogP) is -1.17. The van der Waals surface area contributed by atoms with E-state index in [0.717, 1.165) is 35.4 Å². The van der Waals surface area contributed by atoms with E-state index < -0.39 is 70.2 Å². The average Bonchev–Trinajstić information content (AvgIpc) is 3.65. The fourth-order valence-corrected chi connectivity index (χ4v) is 5.77. The number of aromatic nitrogens is 3. The molecule has 1 unspecified atom stereocenters. The number of nitrogens with one attached hydrogen (secondary N) is 1. The molecular formula is C28H33F3N8O11S2. The van der Waals surface area contributed by atoms with Gasteiger partial charge in [0, 0.05) is 5.38 Å². The number of oxime groups is 1. The van der Waals surface area contributed by atoms with Gasteiger partial charge in [-0.3, -0.25) is 14.1 Å². The largest absolute Gasteiger partial charge is 0.542 e. The highest BCUT2D eigenvalue weighted by Gasteiger charge is 2.52. The van der Waals surface area contributed by atoms with Gasteiger partial charge in [0.05, 0.1) is 24.3 Å². The summed E-state index contributed by atoms with van der Waals surface area (Å²) in [4.78, 5) is 55.7. The molecule has 284 valence electrons. The van der Waals surface area contributed by atoms with Crippen LogP contribution >= 0.6 is 11.3 Å². The van der Waals surface area contributed by atoms with Crippen molar-refractivity contribution < 1.29 is 69.8 Å². The van der Waals surface area contributed by atoms with E-state index in [-0.39, 0.29) is 15.1 Å². The molecule has 1 aliphatic heterocycles. The number of thiazole rings is 1. The molecule has 1 aromatic carbocycles. The number of carboxylic acids is 2. The van der Waals surface area contributed by atoms with Gasteiger partial charge >= 0.3 is 22.4 Å². The number of β-lactam (4-membered cyclic amide) rings is 1. The molecule has 0 spiro atoms. The summed E-state index contributed by atoms with van der Waals surface area (Å²) in [6.07, 6.45) is -0.396. The molecule has 3 atom stereocenters. The summed E-state index contributed by atoms with van der Waals surface area (Å²) in [6.45, 7) is 3.30. The zero-order valence-corrected chi connectivity index (χ0v) is 29.1. The van der Waals surface area contributed by atoms with Crippen LogP contribution in [0, 0.1) is 0 Å². The van der Waals surface area contributed by atoms with Crippen LogP contribution in [0.2, 0.25) is 0 Å². The minimum atomic E-state index is -5.19. The van der Waals surface area contributed by atoms with E-state index in [9.17, 15) is 45.6 Å². The maximum Gasteiger partial charge on any atom is 0.430 e. The summed E-state index contributed by atoms with van der Waals surface area (Å²) in [5, 5.41) is 26.2. The van der Waals surface area contributed by atoms with Crippen LogP contribution in [0.25, 0.3) is 11.1 Å². The molecule has 19 nitrogen and oxygen atoms in total. The first-order chi connectivity index (χ1) is 24.1. The molecular weight excluding hydrogens is 745 g/mol. The Hall–Kier alpha value is -5.33. The van der Waals surface area contributed by atoms with Crippen molar-refractivity contribution in [3.63, 3.8) is 0 Å². The number of halogens is 3. The Morgan fingerprint density at radius 3 is 2.31 bits per heavy atom. The summed E-state index contributed by atoms with van der Waals surface area (Å²) in [5.74, 6) is -6.23. The van der Waals surface area contributed by atoms with E-state index in [1.165, 1.54) is 19.2 Å². The smallest absolute Gasteiger partial charge is 0.430 e. The van der Waals surface area contributed by atoms with Gasteiger partial charge in [-0.05, 0) is 44.5 Å². The third-order valence-corrected chi connectivity index (χ3v) is 8.87. The van der Waals surface area contributed by atoms with Crippen molar-refractivity contribution in [3.05, 3.63) is 47.7 Å². The lowest BCUT2D eigenvalue weighted by Crippen LogP contribution is -2.71. The summed E-state index contributed by atoms with van der Waals surface area (Å²) in [7, 11) is -2.90. The molecule has 52 heavy (non-hydrogen) atoms. The van der Waals surface area contributed by atoms with Gasteiger partial charge in [0.1, 0.15) is 30.1 Å². The number of nitrogens with zero attached hydrogens (tertiary/aromatic N) is 5. The number of rotatable bonds is 14. The van der Waals surface area contributed by atoms with Crippen LogP contribution in [-0.2, 0) is 47.9 Å². The van der Waals surface area contributed by atoms with Gasteiger partial charge < -0.3 is 41.4 Å². The predicted molar refractivity (Wildman–Crippen MR) is 171 cm³/mol. The van der Waals surface area contributed by atoms with E-state index in [2.05, 4.69) is 15.5 Å². The molecule has 24 heteroatoms. The summed E-state index contributed by atoms with van der Waals surface area (Å²) < 4.78 is 73.5. The highest BCUT2D eigenvalue weighted by Crippen LogP contribution is 2.25. The Bertz CT molecular complexity index is 1930. The Morgan fingerprint density at radius 1 is 1.21 bits per heavy atom. The average molecular weight is 779 g/mol. The number of carbonyl (C=O) groups excluding carboxylic acids is 3. The maximum absolute atomic E-state index is 13.1. The topological polar surface area (TPSA) is 286 Å². The van der Waals surface area contributed by atoms with Crippen molar-refractivity contribution in [3.8, 4) is 16.9 Å². The number of nitrogens with two attached hydrogens (primary N) is 2. The molecule has 0 aliphatic carbocycles. The number of nitrogen functional groups attached to an aromatic ring is 1. The molecule has 7 N–H and O–H groups in total. The number of carbonyl (C=O) groups is 4. The minimum absolute atomic E-state index is 0.0600. The highest BCUT2D eigenvalue weighted by atomic mass is 32.2. The molecule has 3 heterocycles. The zero-order chi connectivity index (χ0) is 39.2. The van der Waals surface area contributed by atoms with Crippen LogP contribution in [0.3, 0.4) is 0 Å². The van der Waals surface area contributed by atoms with Gasteiger partial charge in [0.2, 0.25) is 6.20 Å². The molecule has 1 saturated heterocycles. The van der Waals surface area contributed by atoms with Gasteiger partial charge in [-0.1, -0.05) is 17.3 Å². The standard InChI is InChI=1S/C26H32N8O9S2.C2HF3O2/c1-15-20(23(36)34(15)45(39,40)41)30-22(35)21(19-13-44-25(28)29-19)31-43-26(2,24(37)38)14-42-18-7-5-16(6-8-18)17-11-32(3)33(12-17)10-4-9-27;3-2(4,5)1(6)7/h5-8,11-13,15,20H,4,9-10,14,27H2,1-3H3,(H4-,28,29,30,35,37,38,39,40,41);(H,6,7)/b31-21-;/t15-,20+,26?;/m1./s1. The van der Waals surface area contributed by atoms with Crippen molar-refractivity contribution in [2.24, 2.45) is 17.9 Å². The van der Waals surface area contributed by atoms with Crippen LogP contribution in [0.4, 0.5) is 18.3 Å². The maximum atomic E-state index is 13.1. The summed E-state index contributed by atoms with van der Waals surface area (Å²) >= 11 is 0.960. The Kier molecular flexibility index (Phi) is 12.9. The molecule has 0 radical (unpaired) electrons. The third kappa shape index (κ3) is 10.1. The van der Waals surface area contributed by atoms with E-state index in [1.807, 2.05) is 40.9 Å². The van der Waals surface area contributed by atoms with Crippen molar-refractivity contribution in [1.82, 2.24) is 19.3 Å². The second-order valence-electron chi connectivity index (χ2n) is 11.1. The fourth-order valence-electron chi connectivity index (χ4n) is 4.34. The number of anilines is 1. The number of amides is 2. The second-order valence-corrected chi connectivity index (χ2v) is 13.3. The number of benzene rings is 1. The Morgan fingerprint density at radius 2 is 1.83 bits per heavy atom. The normalized spacial score (nSPS) is 17.3. The first-order valence-electron chi connectivity index (χ1n) is 14.7. The quantitative estimate of drug-likeness (QED) is 0.0424. The lowest BCUT2D eigenvalue weighted by atomic mass is 10.0. The van der Waals surface area contributed by atoms with Crippen molar-refractivity contribution in [2.45, 2.75) is 50.7 Å². The number of aryl methyl sites for hydroxylation is 2. The summed E-state index contributed by atoms with van der Waals surface area (Å²) in [6, 6.07) is 4.53. The first-order valence-corrected chi connectivity index (χ1v) is 17.0. The van der Waals surface area contributed by atoms with Crippen LogP contribution < -0.4 is 31.3 Å². The lowest BCUT2D eigenvalue weighted by molar-refractivity contribution is -0.753. The van der Waals surface area contributed by atoms with Crippen LogP contribution in [0.1, 0.15) is 26.0 Å². The number of ether oxygens (including phenoxy) is 1. The molecule has 2 aromatic heterocycles. The fraction of sp³-hybridized carbons (Fsp3) is 0.393. The number of aliphatic carboxylic acids is 2. The monoisotopic (exact) mass is 778 g/mol. The second kappa shape index (κ2) is 16.3. The van der Waals surface area contributed by atoms with Gasteiger partial charge in [-0.15, -0.1) is 16.0 Å². The van der Waals surface area contributed by atoms with Crippen molar-refractivity contribution in [2.75, 3.05) is 18.9 Å². The molecule has 3 aromatic rings. The number of carboxylic acid groups (broad SMARTS) is 2. The third-order valence-electron chi connectivity index (χ3n) is 7.19. The highest BCUT2D eigenvalue weighted by molar-refractivity contribution is 7.84. The molecule has 1 aliphatic rings. The number of hydrogen-bond acceptors (Lipinski definition) is 14. The van der Waals surface area contributed by atoms with Gasteiger partial charge in [-0.25, -0.2) is 14.1 Å². The van der Waals surface area contributed by atoms with E-state index in [0.29, 0.717) is 12.3 Å². The molecule has 1 fully saturated rings. The van der Waals surface area contributed by atoms with Crippen LogP contribution in [-0.4, -0.2) is 98.5 Å². The Labute approximate surface area is 297 Å².